The Morgan fingerprint density at radius 2 is 1.67 bits per heavy atom. The first-order chi connectivity index (χ1) is 24.6. The molecule has 1 saturated heterocycles. The first-order valence-corrected chi connectivity index (χ1v) is 18.7. The van der Waals surface area contributed by atoms with Crippen LogP contribution in [0.2, 0.25) is 0 Å². The van der Waals surface area contributed by atoms with E-state index in [1.54, 1.807) is 43.6 Å². The van der Waals surface area contributed by atoms with Crippen molar-refractivity contribution in [2.75, 3.05) is 18.0 Å². The normalized spacial score (nSPS) is 16.7. The first-order valence-electron chi connectivity index (χ1n) is 17.2. The number of benzene rings is 3. The van der Waals surface area contributed by atoms with Crippen LogP contribution in [-0.4, -0.2) is 46.1 Å². The molecule has 4 heterocycles. The van der Waals surface area contributed by atoms with Crippen LogP contribution < -0.4 is 10.5 Å². The van der Waals surface area contributed by atoms with Crippen LogP contribution in [0.5, 0.6) is 0 Å². The minimum atomic E-state index is -4.05. The van der Waals surface area contributed by atoms with Crippen LogP contribution in [0.15, 0.2) is 101 Å². The zero-order valence-corrected chi connectivity index (χ0v) is 29.4. The quantitative estimate of drug-likeness (QED) is 0.165. The smallest absolute Gasteiger partial charge is 0.275 e. The van der Waals surface area contributed by atoms with E-state index in [-0.39, 0.29) is 22.4 Å². The van der Waals surface area contributed by atoms with Crippen LogP contribution in [-0.2, 0) is 27.4 Å². The molecule has 257 valence electrons. The zero-order valence-electron chi connectivity index (χ0n) is 28.6. The van der Waals surface area contributed by atoms with Crippen molar-refractivity contribution >= 4 is 37.8 Å². The third-order valence-electron chi connectivity index (χ3n) is 10.1. The van der Waals surface area contributed by atoms with Crippen LogP contribution in [0.3, 0.4) is 0 Å². The Morgan fingerprint density at radius 3 is 2.35 bits per heavy atom. The second-order valence-electron chi connectivity index (χ2n) is 13.7. The molecule has 51 heavy (non-hydrogen) atoms. The number of fused-ring (bicyclic) bond motifs is 2. The molecular formula is C41H38N5O4S. The maximum absolute atomic E-state index is 13.9. The number of pyridine rings is 1. The number of piperidine rings is 1. The van der Waals surface area contributed by atoms with Crippen molar-refractivity contribution in [2.45, 2.75) is 49.2 Å². The summed E-state index contributed by atoms with van der Waals surface area (Å²) in [6, 6.07) is 24.1. The Morgan fingerprint density at radius 1 is 0.941 bits per heavy atom. The number of aromatic nitrogens is 4. The van der Waals surface area contributed by atoms with Crippen LogP contribution in [0, 0.1) is 32.1 Å². The van der Waals surface area contributed by atoms with Gasteiger partial charge in [0.2, 0.25) is 5.95 Å². The lowest BCUT2D eigenvalue weighted by Gasteiger charge is -2.34. The molecule has 0 bridgehead atoms. The Hall–Kier alpha value is -5.24. The average Bonchev–Trinajstić information content (AvgIpc) is 3.85. The van der Waals surface area contributed by atoms with Gasteiger partial charge in [-0.1, -0.05) is 54.1 Å². The van der Waals surface area contributed by atoms with Crippen LogP contribution in [0.1, 0.15) is 42.5 Å². The molecule has 1 aliphatic carbocycles. The highest BCUT2D eigenvalue weighted by Crippen LogP contribution is 2.43. The minimum Gasteiger partial charge on any atom is -0.361 e. The van der Waals surface area contributed by atoms with Gasteiger partial charge in [0, 0.05) is 54.8 Å². The maximum atomic E-state index is 13.9. The number of rotatable bonds is 8. The molecule has 3 aromatic carbocycles. The molecule has 2 fully saturated rings. The summed E-state index contributed by atoms with van der Waals surface area (Å²) in [7, 11) is -2.42. The minimum absolute atomic E-state index is 0.0595. The Bertz CT molecular complexity index is 2510. The van der Waals surface area contributed by atoms with E-state index in [4.69, 9.17) is 28.1 Å². The van der Waals surface area contributed by atoms with Gasteiger partial charge in [0.25, 0.3) is 15.6 Å². The topological polar surface area (TPSA) is 99.3 Å². The number of aryl methyl sites for hydroxylation is 2. The van der Waals surface area contributed by atoms with Gasteiger partial charge in [-0.3, -0.25) is 4.79 Å². The van der Waals surface area contributed by atoms with E-state index in [0.717, 1.165) is 70.3 Å². The van der Waals surface area contributed by atoms with Crippen LogP contribution in [0.25, 0.3) is 32.9 Å². The van der Waals surface area contributed by atoms with Crippen molar-refractivity contribution in [3.63, 3.8) is 0 Å². The monoisotopic (exact) mass is 696 g/mol. The van der Waals surface area contributed by atoms with Gasteiger partial charge in [0.15, 0.2) is 0 Å². The van der Waals surface area contributed by atoms with Gasteiger partial charge < -0.3 is 14.2 Å². The Kier molecular flexibility index (Phi) is 8.08. The standard InChI is InChI=1S/C41H38N5O4S/c1-5-28-19-22-45(23-20-28)40-42-36-18-13-29(25-34(36)38(43-40)41(3,50-31-14-15-31)30-9-7-6-8-10-30)35-26-44(4)39(47)37-33(35)21-24-46(37)51(48,49)32-16-11-27(2)12-17-32/h1,6-13,16-18,21,24-26,28,31H,3,14-15,19-20,22-23H2,2,4H3. The van der Waals surface area contributed by atoms with E-state index in [9.17, 15) is 13.2 Å². The predicted molar refractivity (Wildman–Crippen MR) is 200 cm³/mol. The molecular weight excluding hydrogens is 659 g/mol. The summed E-state index contributed by atoms with van der Waals surface area (Å²) in [5, 5.41) is 1.27. The lowest BCUT2D eigenvalue weighted by molar-refractivity contribution is 0.00160. The van der Waals surface area contributed by atoms with E-state index in [2.05, 4.69) is 10.8 Å². The lowest BCUT2D eigenvalue weighted by atomic mass is 9.88. The summed E-state index contributed by atoms with van der Waals surface area (Å²) in [6.45, 7) is 8.10. The van der Waals surface area contributed by atoms with Gasteiger partial charge in [-0.2, -0.15) is 0 Å². The number of terminal acetylenes is 1. The fourth-order valence-corrected chi connectivity index (χ4v) is 8.35. The average molecular weight is 697 g/mol. The maximum Gasteiger partial charge on any atom is 0.275 e. The summed E-state index contributed by atoms with van der Waals surface area (Å²) in [4.78, 5) is 26.2. The molecule has 1 aliphatic heterocycles. The van der Waals surface area contributed by atoms with Crippen molar-refractivity contribution in [1.29, 1.82) is 0 Å². The Balaban J connectivity index is 1.33. The van der Waals surface area contributed by atoms with Gasteiger partial charge in [0.05, 0.1) is 22.2 Å². The molecule has 9 nitrogen and oxygen atoms in total. The molecule has 0 spiro atoms. The van der Waals surface area contributed by atoms with Gasteiger partial charge in [-0.15, -0.1) is 12.3 Å². The van der Waals surface area contributed by atoms with E-state index in [0.29, 0.717) is 22.6 Å². The lowest BCUT2D eigenvalue weighted by Crippen LogP contribution is -2.36. The molecule has 1 atom stereocenters. The van der Waals surface area contributed by atoms with Gasteiger partial charge in [-0.25, -0.2) is 22.4 Å². The summed E-state index contributed by atoms with van der Waals surface area (Å²) in [5.74, 6) is 3.74. The van der Waals surface area contributed by atoms with Gasteiger partial charge in [-0.05, 0) is 81.0 Å². The Labute approximate surface area is 297 Å². The first kappa shape index (κ1) is 32.9. The van der Waals surface area contributed by atoms with E-state index < -0.39 is 21.2 Å². The molecule has 0 amide bonds. The fourth-order valence-electron chi connectivity index (χ4n) is 7.00. The molecule has 8 rings (SSSR count). The van der Waals surface area contributed by atoms with E-state index in [1.807, 2.05) is 55.5 Å². The number of hydrogen-bond donors (Lipinski definition) is 0. The summed E-state index contributed by atoms with van der Waals surface area (Å²) in [5.41, 5.74) is 3.15. The zero-order chi connectivity index (χ0) is 35.5. The molecule has 6 aromatic rings. The van der Waals surface area contributed by atoms with Crippen molar-refractivity contribution < 1.29 is 13.2 Å². The highest BCUT2D eigenvalue weighted by atomic mass is 32.2. The second kappa shape index (κ2) is 12.5. The summed E-state index contributed by atoms with van der Waals surface area (Å²) >= 11 is 0. The van der Waals surface area contributed by atoms with Gasteiger partial charge in [0.1, 0.15) is 11.1 Å². The third-order valence-corrected chi connectivity index (χ3v) is 11.8. The van der Waals surface area contributed by atoms with Crippen molar-refractivity contribution in [2.24, 2.45) is 13.0 Å². The van der Waals surface area contributed by atoms with Crippen LogP contribution >= 0.6 is 0 Å². The molecule has 0 N–H and O–H groups in total. The fraction of sp³-hybridized carbons (Fsp3) is 0.268. The van der Waals surface area contributed by atoms with Gasteiger partial charge >= 0.3 is 0 Å². The molecule has 10 heteroatoms. The van der Waals surface area contributed by atoms with Crippen molar-refractivity contribution in [1.82, 2.24) is 18.5 Å². The molecule has 3 aromatic heterocycles. The van der Waals surface area contributed by atoms with Crippen LogP contribution in [0.4, 0.5) is 5.95 Å². The summed E-state index contributed by atoms with van der Waals surface area (Å²) in [6.07, 6.45) is 12.6. The number of nitrogens with zero attached hydrogens (tertiary/aromatic N) is 5. The van der Waals surface area contributed by atoms with E-state index >= 15 is 0 Å². The molecule has 1 saturated carbocycles. The SMILES string of the molecule is C#CC1CCN(c2nc(C([CH2])(OC3CC3)c3ccccc3)c3cc(-c4cn(C)c(=O)c5c4ccn5S(=O)(=O)c4ccc(C)cc4)ccc3n2)CC1. The van der Waals surface area contributed by atoms with Crippen molar-refractivity contribution in [3.05, 3.63) is 125 Å². The molecule has 1 unspecified atom stereocenters. The molecule has 2 aliphatic rings. The summed E-state index contributed by atoms with van der Waals surface area (Å²) < 4.78 is 37.0. The third kappa shape index (κ3) is 5.80. The highest BCUT2D eigenvalue weighted by Gasteiger charge is 2.40. The number of ether oxygens (including phenoxy) is 1. The number of anilines is 1. The second-order valence-corrected chi connectivity index (χ2v) is 15.5. The number of hydrogen-bond acceptors (Lipinski definition) is 7. The van der Waals surface area contributed by atoms with E-state index in [1.165, 1.54) is 10.8 Å². The van der Waals surface area contributed by atoms with Crippen molar-refractivity contribution in [3.8, 4) is 23.5 Å². The predicted octanol–water partition coefficient (Wildman–Crippen LogP) is 6.60. The largest absolute Gasteiger partial charge is 0.361 e. The molecule has 1 radical (unpaired) electrons. The highest BCUT2D eigenvalue weighted by molar-refractivity contribution is 7.90.